The van der Waals surface area contributed by atoms with Crippen molar-refractivity contribution in [2.24, 2.45) is 0 Å². The van der Waals surface area contributed by atoms with Gasteiger partial charge in [0.1, 0.15) is 11.4 Å². The van der Waals surface area contributed by atoms with Gasteiger partial charge in [0, 0.05) is 6.42 Å². The van der Waals surface area contributed by atoms with Crippen LogP contribution < -0.4 is 4.74 Å². The average molecular weight is 231 g/mol. The smallest absolute Gasteiger partial charge is 0.184 e. The van der Waals surface area contributed by atoms with Crippen molar-refractivity contribution in [3.8, 4) is 5.75 Å². The van der Waals surface area contributed by atoms with Crippen molar-refractivity contribution in [2.75, 3.05) is 6.61 Å². The van der Waals surface area contributed by atoms with Gasteiger partial charge in [-0.15, -0.1) is 0 Å². The number of carbonyl (C=O) groups excluding carboxylic acids is 1. The van der Waals surface area contributed by atoms with E-state index in [-0.39, 0.29) is 5.78 Å². The highest BCUT2D eigenvalue weighted by Crippen LogP contribution is 2.09. The minimum absolute atomic E-state index is 0.0181. The van der Waals surface area contributed by atoms with E-state index in [1.165, 1.54) is 6.20 Å². The summed E-state index contributed by atoms with van der Waals surface area (Å²) in [6, 6.07) is 9.53. The van der Waals surface area contributed by atoms with Crippen LogP contribution in [0.2, 0.25) is 0 Å². The second-order valence-electron chi connectivity index (χ2n) is 3.54. The number of Topliss-reactive ketones (excluding diaryl/α,β-unsaturated/α-hetero) is 1. The molecule has 5 nitrogen and oxygen atoms in total. The fourth-order valence-electron chi connectivity index (χ4n) is 1.40. The molecule has 1 aromatic carbocycles. The highest BCUT2D eigenvalue weighted by molar-refractivity contribution is 5.93. The van der Waals surface area contributed by atoms with E-state index in [9.17, 15) is 4.79 Å². The summed E-state index contributed by atoms with van der Waals surface area (Å²) in [5.41, 5.74) is 0.379. The van der Waals surface area contributed by atoms with Gasteiger partial charge in [0.05, 0.1) is 12.8 Å². The second-order valence-corrected chi connectivity index (χ2v) is 3.54. The van der Waals surface area contributed by atoms with Crippen LogP contribution in [0.15, 0.2) is 36.5 Å². The number of ether oxygens (including phenoxy) is 1. The first-order valence-corrected chi connectivity index (χ1v) is 5.43. The van der Waals surface area contributed by atoms with Crippen LogP contribution in [0.4, 0.5) is 0 Å². The molecule has 0 amide bonds. The minimum Gasteiger partial charge on any atom is -0.494 e. The van der Waals surface area contributed by atoms with Crippen LogP contribution in [-0.2, 0) is 0 Å². The van der Waals surface area contributed by atoms with Crippen LogP contribution >= 0.6 is 0 Å². The molecule has 0 aliphatic carbocycles. The molecule has 17 heavy (non-hydrogen) atoms. The monoisotopic (exact) mass is 231 g/mol. The Labute approximate surface area is 98.8 Å². The summed E-state index contributed by atoms with van der Waals surface area (Å²) in [6.45, 7) is 0.521. The van der Waals surface area contributed by atoms with Crippen molar-refractivity contribution in [3.63, 3.8) is 0 Å². The van der Waals surface area contributed by atoms with Crippen molar-refractivity contribution in [1.82, 2.24) is 15.4 Å². The Morgan fingerprint density at radius 2 is 2.12 bits per heavy atom. The van der Waals surface area contributed by atoms with Crippen LogP contribution in [0.1, 0.15) is 23.3 Å². The molecule has 1 N–H and O–H groups in total. The number of rotatable bonds is 6. The molecule has 0 radical (unpaired) electrons. The van der Waals surface area contributed by atoms with Gasteiger partial charge in [-0.1, -0.05) is 18.2 Å². The van der Waals surface area contributed by atoms with Crippen LogP contribution in [0.3, 0.4) is 0 Å². The molecule has 0 bridgehead atoms. The zero-order valence-electron chi connectivity index (χ0n) is 9.30. The molecule has 0 saturated carbocycles. The van der Waals surface area contributed by atoms with E-state index in [4.69, 9.17) is 4.74 Å². The van der Waals surface area contributed by atoms with Gasteiger partial charge in [-0.05, 0) is 18.6 Å². The Morgan fingerprint density at radius 1 is 1.29 bits per heavy atom. The van der Waals surface area contributed by atoms with Gasteiger partial charge in [-0.3, -0.25) is 4.79 Å². The minimum atomic E-state index is -0.0181. The van der Waals surface area contributed by atoms with Crippen molar-refractivity contribution < 1.29 is 9.53 Å². The van der Waals surface area contributed by atoms with Crippen LogP contribution in [0.25, 0.3) is 0 Å². The maximum Gasteiger partial charge on any atom is 0.184 e. The van der Waals surface area contributed by atoms with E-state index in [1.54, 1.807) is 0 Å². The number of benzene rings is 1. The van der Waals surface area contributed by atoms with Crippen molar-refractivity contribution in [2.45, 2.75) is 12.8 Å². The molecule has 0 aliphatic heterocycles. The normalized spacial score (nSPS) is 10.1. The Balaban J connectivity index is 1.69. The molecule has 0 atom stereocenters. The number of para-hydroxylation sites is 1. The molecule has 88 valence electrons. The van der Waals surface area contributed by atoms with Crippen LogP contribution in [0.5, 0.6) is 5.75 Å². The van der Waals surface area contributed by atoms with Crippen LogP contribution in [0, 0.1) is 0 Å². The fraction of sp³-hybridized carbons (Fsp3) is 0.250. The van der Waals surface area contributed by atoms with E-state index in [1.807, 2.05) is 30.3 Å². The Bertz CT molecular complexity index is 454. The molecule has 2 rings (SSSR count). The van der Waals surface area contributed by atoms with E-state index >= 15 is 0 Å². The number of ketones is 1. The molecule has 0 unspecified atom stereocenters. The summed E-state index contributed by atoms with van der Waals surface area (Å²) in [4.78, 5) is 11.5. The number of nitrogens with zero attached hydrogens (tertiary/aromatic N) is 2. The second kappa shape index (κ2) is 5.79. The maximum atomic E-state index is 11.5. The quantitative estimate of drug-likeness (QED) is 0.608. The first-order chi connectivity index (χ1) is 8.36. The van der Waals surface area contributed by atoms with E-state index in [2.05, 4.69) is 15.4 Å². The summed E-state index contributed by atoms with van der Waals surface area (Å²) < 4.78 is 5.48. The lowest BCUT2D eigenvalue weighted by Gasteiger charge is -2.04. The molecule has 1 aromatic heterocycles. The molecule has 1 heterocycles. The number of nitrogens with one attached hydrogen (secondary N) is 1. The summed E-state index contributed by atoms with van der Waals surface area (Å²) >= 11 is 0. The molecule has 0 saturated heterocycles. The zero-order valence-corrected chi connectivity index (χ0v) is 9.30. The van der Waals surface area contributed by atoms with Gasteiger partial charge >= 0.3 is 0 Å². The van der Waals surface area contributed by atoms with E-state index in [0.29, 0.717) is 25.1 Å². The SMILES string of the molecule is O=C(CCCOc1ccccc1)c1cn[nH]n1. The van der Waals surface area contributed by atoms with Gasteiger partial charge < -0.3 is 4.74 Å². The topological polar surface area (TPSA) is 67.9 Å². The van der Waals surface area contributed by atoms with Gasteiger partial charge in [0.15, 0.2) is 5.78 Å². The lowest BCUT2D eigenvalue weighted by molar-refractivity contribution is 0.0968. The van der Waals surface area contributed by atoms with Crippen LogP contribution in [-0.4, -0.2) is 27.8 Å². The largest absolute Gasteiger partial charge is 0.494 e. The van der Waals surface area contributed by atoms with E-state index in [0.717, 1.165) is 5.75 Å². The number of hydrogen-bond acceptors (Lipinski definition) is 4. The molecule has 0 fully saturated rings. The molecule has 2 aromatic rings. The third-order valence-electron chi connectivity index (χ3n) is 2.26. The maximum absolute atomic E-state index is 11.5. The molecular weight excluding hydrogens is 218 g/mol. The first kappa shape index (κ1) is 11.3. The third kappa shape index (κ3) is 3.41. The fourth-order valence-corrected chi connectivity index (χ4v) is 1.40. The number of carbonyl (C=O) groups is 1. The summed E-state index contributed by atoms with van der Waals surface area (Å²) in [5, 5.41) is 9.73. The van der Waals surface area contributed by atoms with Gasteiger partial charge in [0.2, 0.25) is 0 Å². The number of H-pyrrole nitrogens is 1. The van der Waals surface area contributed by atoms with Crippen molar-refractivity contribution in [3.05, 3.63) is 42.2 Å². The highest BCUT2D eigenvalue weighted by atomic mass is 16.5. The Hall–Kier alpha value is -2.17. The lowest BCUT2D eigenvalue weighted by atomic mass is 10.2. The zero-order chi connectivity index (χ0) is 11.9. The van der Waals surface area contributed by atoms with Gasteiger partial charge in [-0.25, -0.2) is 0 Å². The lowest BCUT2D eigenvalue weighted by Crippen LogP contribution is -2.04. The Morgan fingerprint density at radius 3 is 2.82 bits per heavy atom. The summed E-state index contributed by atoms with van der Waals surface area (Å²) in [6.07, 6.45) is 2.51. The highest BCUT2D eigenvalue weighted by Gasteiger charge is 2.07. The van der Waals surface area contributed by atoms with E-state index < -0.39 is 0 Å². The molecular formula is C12H13N3O2. The predicted octanol–water partition coefficient (Wildman–Crippen LogP) is 1.85. The molecule has 0 spiro atoms. The first-order valence-electron chi connectivity index (χ1n) is 5.43. The molecule has 0 aliphatic rings. The number of hydrogen-bond donors (Lipinski definition) is 1. The number of aromatic amines is 1. The molecule has 5 heteroatoms. The number of aromatic nitrogens is 3. The predicted molar refractivity (Wildman–Crippen MR) is 61.9 cm³/mol. The van der Waals surface area contributed by atoms with Crippen molar-refractivity contribution in [1.29, 1.82) is 0 Å². The summed E-state index contributed by atoms with van der Waals surface area (Å²) in [5.74, 6) is 0.803. The average Bonchev–Trinajstić information content (AvgIpc) is 2.89. The summed E-state index contributed by atoms with van der Waals surface area (Å²) in [7, 11) is 0. The van der Waals surface area contributed by atoms with Crippen molar-refractivity contribution >= 4 is 5.78 Å². The third-order valence-corrected chi connectivity index (χ3v) is 2.26. The van der Waals surface area contributed by atoms with Gasteiger partial charge in [0.25, 0.3) is 0 Å². The standard InChI is InChI=1S/C12H13N3O2/c16-12(11-9-13-15-14-11)7-4-8-17-10-5-2-1-3-6-10/h1-3,5-6,9H,4,7-8H2,(H,13,14,15). The Kier molecular flexibility index (Phi) is 3.85. The van der Waals surface area contributed by atoms with Gasteiger partial charge in [-0.2, -0.15) is 15.4 Å².